The molecule has 1 unspecified atom stereocenters. The van der Waals surface area contributed by atoms with Crippen LogP contribution in [0.3, 0.4) is 0 Å². The summed E-state index contributed by atoms with van der Waals surface area (Å²) in [6, 6.07) is 18.1. The van der Waals surface area contributed by atoms with Gasteiger partial charge in [-0.15, -0.1) is 0 Å². The van der Waals surface area contributed by atoms with E-state index in [4.69, 9.17) is 6.15 Å². The van der Waals surface area contributed by atoms with Crippen molar-refractivity contribution in [3.63, 3.8) is 0 Å². The maximum atomic E-state index is 9.87. The van der Waals surface area contributed by atoms with Gasteiger partial charge in [0.25, 0.3) is 0 Å². The van der Waals surface area contributed by atoms with E-state index in [0.717, 1.165) is 15.3 Å². The summed E-state index contributed by atoms with van der Waals surface area (Å²) in [4.78, 5) is 0. The monoisotopic (exact) mass is 472 g/mol. The van der Waals surface area contributed by atoms with Crippen LogP contribution in [0, 0.1) is 0 Å². The average Bonchev–Trinajstić information content (AvgIpc) is 2.87. The molecule has 0 amide bonds. The SMILES string of the molecule is F[P-](F)(F)(F)(F)F.[2H]N1C(c2cccc[c]2[Ru+])OC[C@H]1c1ccccc1. The van der Waals surface area contributed by atoms with E-state index >= 15 is 0 Å². The fourth-order valence-electron chi connectivity index (χ4n) is 2.13. The Morgan fingerprint density at radius 1 is 0.960 bits per heavy atom. The summed E-state index contributed by atoms with van der Waals surface area (Å²) >= 11 is 2.60. The predicted octanol–water partition coefficient (Wildman–Crippen LogP) is 5.60. The van der Waals surface area contributed by atoms with Crippen molar-refractivity contribution in [2.24, 2.45) is 0 Å². The number of ether oxygens (including phenoxy) is 1. The van der Waals surface area contributed by atoms with Crippen molar-refractivity contribution in [2.75, 3.05) is 6.61 Å². The molecule has 1 aliphatic rings. The van der Waals surface area contributed by atoms with Gasteiger partial charge in [0.1, 0.15) is 0 Å². The van der Waals surface area contributed by atoms with Gasteiger partial charge in [-0.2, -0.15) is 0 Å². The van der Waals surface area contributed by atoms with Crippen LogP contribution >= 0.6 is 7.81 Å². The van der Waals surface area contributed by atoms with Crippen LogP contribution in [0.15, 0.2) is 54.6 Å². The molecule has 10 heteroatoms. The molecular weight excluding hydrogens is 456 g/mol. The molecule has 0 bridgehead atoms. The van der Waals surface area contributed by atoms with Gasteiger partial charge in [-0.05, 0) is 0 Å². The van der Waals surface area contributed by atoms with Gasteiger partial charge in [0.15, 0.2) is 0 Å². The molecule has 25 heavy (non-hydrogen) atoms. The number of hydrogen-bond acceptors (Lipinski definition) is 2. The van der Waals surface area contributed by atoms with E-state index in [9.17, 15) is 25.2 Å². The van der Waals surface area contributed by atoms with Crippen molar-refractivity contribution >= 4 is 12.0 Å². The molecule has 0 saturated carbocycles. The maximum absolute atomic E-state index is 10.7. The Morgan fingerprint density at radius 3 is 2.04 bits per heavy atom. The van der Waals surface area contributed by atoms with Crippen molar-refractivity contribution in [1.29, 1.82) is 0 Å². The van der Waals surface area contributed by atoms with Crippen LogP contribution in [-0.2, 0) is 23.0 Å². The number of nitrogens with one attached hydrogen (secondary N) is 1. The quantitative estimate of drug-likeness (QED) is 0.350. The van der Waals surface area contributed by atoms with E-state index in [1.807, 2.05) is 54.6 Å². The van der Waals surface area contributed by atoms with Gasteiger partial charge < -0.3 is 0 Å². The minimum absolute atomic E-state index is 0.00240. The Hall–Kier alpha value is -1.01. The summed E-state index contributed by atoms with van der Waals surface area (Å²) in [5, 5.41) is 1.56. The van der Waals surface area contributed by atoms with Crippen LogP contribution in [0.25, 0.3) is 0 Å². The van der Waals surface area contributed by atoms with Crippen molar-refractivity contribution in [2.45, 2.75) is 12.3 Å². The van der Waals surface area contributed by atoms with Crippen LogP contribution < -0.4 is 9.47 Å². The molecular formula is C15H14F6NOPRu. The third-order valence-electron chi connectivity index (χ3n) is 3.07. The van der Waals surface area contributed by atoms with E-state index in [1.54, 1.807) is 5.31 Å². The standard InChI is InChI=1S/C15H14NO.F6P.Ru/c1-3-7-12(8-4-1)14-11-17-15(16-14)13-9-5-2-6-10-13;1-7(2,3,4,5)6;/h1-9,14-16H,11H2;;/q;-1;+1/t14-,15?;;/m0../s1/i/hD. The summed E-state index contributed by atoms with van der Waals surface area (Å²) in [6.45, 7) is 0.554. The third kappa shape index (κ3) is 8.28. The molecule has 2 aromatic rings. The normalized spacial score (nSPS) is 24.5. The first kappa shape index (κ1) is 18.8. The van der Waals surface area contributed by atoms with Crippen molar-refractivity contribution in [3.05, 3.63) is 65.7 Å². The molecule has 3 rings (SSSR count). The second kappa shape index (κ2) is 6.62. The summed E-state index contributed by atoms with van der Waals surface area (Å²) in [5.41, 5.74) is 2.18. The molecule has 140 valence electrons. The first-order chi connectivity index (χ1) is 11.7. The van der Waals surface area contributed by atoms with Crippen LogP contribution in [0.4, 0.5) is 25.2 Å². The van der Waals surface area contributed by atoms with Gasteiger partial charge in [0, 0.05) is 0 Å². The van der Waals surface area contributed by atoms with Gasteiger partial charge in [0.2, 0.25) is 0 Å². The zero-order valence-corrected chi connectivity index (χ0v) is 15.1. The van der Waals surface area contributed by atoms with Gasteiger partial charge in [-0.3, -0.25) is 0 Å². The van der Waals surface area contributed by atoms with Crippen LogP contribution in [0.5, 0.6) is 0 Å². The van der Waals surface area contributed by atoms with E-state index in [0.29, 0.717) is 6.61 Å². The number of halogens is 6. The molecule has 2 nitrogen and oxygen atoms in total. The van der Waals surface area contributed by atoms with Crippen molar-refractivity contribution in [3.8, 4) is 0 Å². The molecule has 2 atom stereocenters. The van der Waals surface area contributed by atoms with Crippen LogP contribution in [0.2, 0.25) is 1.41 Å². The van der Waals surface area contributed by atoms with E-state index in [-0.39, 0.29) is 12.3 Å². The number of benzene rings is 2. The predicted molar refractivity (Wildman–Crippen MR) is 80.7 cm³/mol. The minimum atomic E-state index is -10.7. The third-order valence-corrected chi connectivity index (χ3v) is 3.86. The first-order valence-electron chi connectivity index (χ1n) is 7.40. The Bertz CT molecular complexity index is 750. The molecule has 2 aromatic carbocycles. The molecule has 1 fully saturated rings. The molecule has 1 heterocycles. The van der Waals surface area contributed by atoms with E-state index < -0.39 is 7.81 Å². The van der Waals surface area contributed by atoms with Crippen molar-refractivity contribution < 1.29 is 49.6 Å². The molecule has 1 N–H and O–H groups in total. The first-order valence-corrected chi connectivity index (χ1v) is 9.85. The topological polar surface area (TPSA) is 21.3 Å². The van der Waals surface area contributed by atoms with Crippen LogP contribution in [0.1, 0.15) is 23.4 Å². The van der Waals surface area contributed by atoms with E-state index in [2.05, 4.69) is 18.3 Å². The summed E-state index contributed by atoms with van der Waals surface area (Å²) in [6.07, 6.45) is -0.289. The Balaban J connectivity index is 0.000000298. The second-order valence-corrected chi connectivity index (χ2v) is 8.08. The fraction of sp³-hybridized carbons (Fsp3) is 0.200. The molecule has 1 aliphatic heterocycles. The molecule has 0 aromatic heterocycles. The van der Waals surface area contributed by atoms with Gasteiger partial charge >= 0.3 is 152 Å². The van der Waals surface area contributed by atoms with Crippen LogP contribution in [-0.4, -0.2) is 6.61 Å². The fourth-order valence-corrected chi connectivity index (χ4v) is 2.65. The molecule has 1 saturated heterocycles. The number of hydrogen-bond donors (Lipinski definition) is 1. The van der Waals surface area contributed by atoms with Gasteiger partial charge in [0.05, 0.1) is 0 Å². The van der Waals surface area contributed by atoms with E-state index in [1.165, 1.54) is 0 Å². The van der Waals surface area contributed by atoms with Gasteiger partial charge in [-0.1, -0.05) is 0 Å². The average molecular weight is 471 g/mol. The second-order valence-electron chi connectivity index (χ2n) is 5.23. The molecule has 0 aliphatic carbocycles. The molecule has 0 radical (unpaired) electrons. The number of rotatable bonds is 2. The zero-order valence-electron chi connectivity index (χ0n) is 13.5. The van der Waals surface area contributed by atoms with Crippen molar-refractivity contribution in [1.82, 2.24) is 5.31 Å². The zero-order chi connectivity index (χ0) is 19.7. The Kier molecular flexibility index (Phi) is 4.97. The summed E-state index contributed by atoms with van der Waals surface area (Å²) in [7, 11) is -10.7. The van der Waals surface area contributed by atoms with Gasteiger partial charge in [-0.25, -0.2) is 0 Å². The Labute approximate surface area is 151 Å². The summed E-state index contributed by atoms with van der Waals surface area (Å²) < 4.78 is 74.4. The molecule has 0 spiro atoms. The summed E-state index contributed by atoms with van der Waals surface area (Å²) in [5.74, 6) is 0. The Morgan fingerprint density at radius 2 is 1.48 bits per heavy atom.